The molecule has 226 valence electrons. The predicted octanol–water partition coefficient (Wildman–Crippen LogP) is 4.17. The summed E-state index contributed by atoms with van der Waals surface area (Å²) in [7, 11) is 0. The highest BCUT2D eigenvalue weighted by molar-refractivity contribution is 6.40. The van der Waals surface area contributed by atoms with Crippen molar-refractivity contribution in [3.05, 3.63) is 88.9 Å². The molecule has 0 saturated carbocycles. The van der Waals surface area contributed by atoms with E-state index in [1.165, 1.54) is 18.2 Å². The van der Waals surface area contributed by atoms with E-state index in [1.54, 1.807) is 45.0 Å². The first-order valence-corrected chi connectivity index (χ1v) is 14.3. The first-order chi connectivity index (χ1) is 20.4. The summed E-state index contributed by atoms with van der Waals surface area (Å²) in [4.78, 5) is 53.7. The molecule has 10 nitrogen and oxygen atoms in total. The zero-order chi connectivity index (χ0) is 31.1. The van der Waals surface area contributed by atoms with Gasteiger partial charge in [0.1, 0.15) is 11.6 Å². The molecule has 3 amide bonds. The monoisotopic (exact) mass is 606 g/mol. The minimum absolute atomic E-state index is 0.121. The van der Waals surface area contributed by atoms with Crippen molar-refractivity contribution >= 4 is 52.4 Å². The van der Waals surface area contributed by atoms with Crippen LogP contribution in [-0.2, 0) is 25.5 Å². The quantitative estimate of drug-likeness (QED) is 0.223. The van der Waals surface area contributed by atoms with Crippen molar-refractivity contribution in [2.45, 2.75) is 51.4 Å². The molecule has 0 radical (unpaired) electrons. The number of hydrogen-bond acceptors (Lipinski definition) is 7. The Hall–Kier alpha value is -4.41. The normalized spacial score (nSPS) is 15.4. The number of amides is 3. The molecule has 1 aliphatic rings. The number of nitrogens with one attached hydrogen (secondary N) is 3. The zero-order valence-electron chi connectivity index (χ0n) is 24.2. The fraction of sp³-hybridized carbons (Fsp3) is 0.312. The van der Waals surface area contributed by atoms with E-state index in [1.807, 2.05) is 35.2 Å². The first kappa shape index (κ1) is 31.5. The third-order valence-electron chi connectivity index (χ3n) is 6.61. The van der Waals surface area contributed by atoms with Gasteiger partial charge in [0, 0.05) is 30.2 Å². The van der Waals surface area contributed by atoms with Gasteiger partial charge in [0.2, 0.25) is 5.91 Å². The number of halogens is 1. The summed E-state index contributed by atoms with van der Waals surface area (Å²) in [5, 5.41) is 18.2. The topological polar surface area (TPSA) is 137 Å². The van der Waals surface area contributed by atoms with Crippen molar-refractivity contribution in [2.24, 2.45) is 0 Å². The van der Waals surface area contributed by atoms with Gasteiger partial charge in [-0.2, -0.15) is 0 Å². The maximum atomic E-state index is 13.3. The van der Waals surface area contributed by atoms with Gasteiger partial charge in [-0.3, -0.25) is 14.4 Å². The van der Waals surface area contributed by atoms with E-state index >= 15 is 0 Å². The van der Waals surface area contributed by atoms with Gasteiger partial charge < -0.3 is 30.7 Å². The highest BCUT2D eigenvalue weighted by Crippen LogP contribution is 2.31. The van der Waals surface area contributed by atoms with Crippen molar-refractivity contribution in [1.82, 2.24) is 5.32 Å². The SMILES string of the molecule is CC(C)(C)OC(=O)c1ccc(NC(=O)C(Cc2ccccc2)NC(=O)C(=O)Nc2cc(Cl)ccc2N2CCC(O)C2)cc1. The van der Waals surface area contributed by atoms with E-state index in [0.29, 0.717) is 47.2 Å². The summed E-state index contributed by atoms with van der Waals surface area (Å²) in [5.41, 5.74) is 1.78. The molecule has 1 fully saturated rings. The van der Waals surface area contributed by atoms with Gasteiger partial charge >= 0.3 is 17.8 Å². The highest BCUT2D eigenvalue weighted by Gasteiger charge is 2.27. The zero-order valence-corrected chi connectivity index (χ0v) is 25.0. The van der Waals surface area contributed by atoms with Crippen LogP contribution >= 0.6 is 11.6 Å². The van der Waals surface area contributed by atoms with Crippen LogP contribution < -0.4 is 20.9 Å². The van der Waals surface area contributed by atoms with Crippen LogP contribution in [0.15, 0.2) is 72.8 Å². The van der Waals surface area contributed by atoms with Crippen LogP contribution in [0.4, 0.5) is 17.1 Å². The average Bonchev–Trinajstić information content (AvgIpc) is 3.38. The molecular weight excluding hydrogens is 572 g/mol. The smallest absolute Gasteiger partial charge is 0.338 e. The third kappa shape index (κ3) is 9.04. The molecule has 4 N–H and O–H groups in total. The summed E-state index contributed by atoms with van der Waals surface area (Å²) < 4.78 is 5.37. The van der Waals surface area contributed by atoms with Crippen molar-refractivity contribution in [1.29, 1.82) is 0 Å². The molecule has 2 atom stereocenters. The van der Waals surface area contributed by atoms with Gasteiger partial charge in [-0.1, -0.05) is 41.9 Å². The fourth-order valence-electron chi connectivity index (χ4n) is 4.56. The number of anilines is 3. The lowest BCUT2D eigenvalue weighted by Gasteiger charge is -2.22. The second kappa shape index (κ2) is 13.7. The molecule has 0 bridgehead atoms. The highest BCUT2D eigenvalue weighted by atomic mass is 35.5. The summed E-state index contributed by atoms with van der Waals surface area (Å²) in [6.07, 6.45) is 0.208. The number of nitrogens with zero attached hydrogens (tertiary/aromatic N) is 1. The summed E-state index contributed by atoms with van der Waals surface area (Å²) in [6, 6.07) is 19.1. The van der Waals surface area contributed by atoms with E-state index in [0.717, 1.165) is 5.56 Å². The maximum Gasteiger partial charge on any atom is 0.338 e. The summed E-state index contributed by atoms with van der Waals surface area (Å²) in [5.74, 6) is -3.03. The molecule has 0 aromatic heterocycles. The molecule has 0 aliphatic carbocycles. The standard InChI is InChI=1S/C32H35ClN4O6/c1-32(2,3)43-31(42)21-9-12-23(13-10-21)34-28(39)26(17-20-7-5-4-6-8-20)36-30(41)29(40)35-25-18-22(33)11-14-27(25)37-16-15-24(38)19-37/h4-14,18,24,26,38H,15-17,19H2,1-3H3,(H,34,39)(H,35,40)(H,36,41). The fourth-order valence-corrected chi connectivity index (χ4v) is 4.73. The molecule has 2 unspecified atom stereocenters. The Morgan fingerprint density at radius 3 is 2.30 bits per heavy atom. The number of β-amino-alcohol motifs (C(OH)–C–C–N with tert-alkyl or cyclic N) is 1. The number of hydrogen-bond donors (Lipinski definition) is 4. The van der Waals surface area contributed by atoms with Crippen molar-refractivity contribution in [2.75, 3.05) is 28.6 Å². The van der Waals surface area contributed by atoms with Gasteiger partial charge in [-0.15, -0.1) is 0 Å². The molecule has 1 heterocycles. The van der Waals surface area contributed by atoms with Crippen LogP contribution in [0.2, 0.25) is 5.02 Å². The predicted molar refractivity (Wildman–Crippen MR) is 165 cm³/mol. The second-order valence-electron chi connectivity index (χ2n) is 11.3. The van der Waals surface area contributed by atoms with Gasteiger partial charge in [0.05, 0.1) is 23.0 Å². The maximum absolute atomic E-state index is 13.3. The minimum atomic E-state index is -1.10. The van der Waals surface area contributed by atoms with E-state index < -0.39 is 41.4 Å². The van der Waals surface area contributed by atoms with E-state index in [2.05, 4.69) is 16.0 Å². The molecule has 11 heteroatoms. The van der Waals surface area contributed by atoms with Crippen molar-refractivity contribution < 1.29 is 29.0 Å². The molecule has 0 spiro atoms. The lowest BCUT2D eigenvalue weighted by molar-refractivity contribution is -0.137. The lowest BCUT2D eigenvalue weighted by Crippen LogP contribution is -2.49. The number of aliphatic hydroxyl groups is 1. The number of carbonyl (C=O) groups is 4. The van der Waals surface area contributed by atoms with Crippen LogP contribution in [0.25, 0.3) is 0 Å². The number of esters is 1. The molecule has 43 heavy (non-hydrogen) atoms. The Morgan fingerprint density at radius 1 is 0.977 bits per heavy atom. The van der Waals surface area contributed by atoms with Crippen molar-refractivity contribution in [3.8, 4) is 0 Å². The van der Waals surface area contributed by atoms with Crippen LogP contribution in [0.3, 0.4) is 0 Å². The third-order valence-corrected chi connectivity index (χ3v) is 6.84. The van der Waals surface area contributed by atoms with E-state index in [9.17, 15) is 24.3 Å². The van der Waals surface area contributed by atoms with Crippen LogP contribution in [0.5, 0.6) is 0 Å². The largest absolute Gasteiger partial charge is 0.456 e. The van der Waals surface area contributed by atoms with E-state index in [-0.39, 0.29) is 6.42 Å². The molecular formula is C32H35ClN4O6. The van der Waals surface area contributed by atoms with Gasteiger partial charge in [0.15, 0.2) is 0 Å². The Morgan fingerprint density at radius 2 is 1.67 bits per heavy atom. The minimum Gasteiger partial charge on any atom is -0.456 e. The van der Waals surface area contributed by atoms with E-state index in [4.69, 9.17) is 16.3 Å². The Balaban J connectivity index is 1.47. The Kier molecular flexibility index (Phi) is 10.1. The number of benzene rings is 3. The number of carbonyl (C=O) groups excluding carboxylic acids is 4. The molecule has 1 saturated heterocycles. The summed E-state index contributed by atoms with van der Waals surface area (Å²) in [6.45, 7) is 6.28. The van der Waals surface area contributed by atoms with Crippen LogP contribution in [0, 0.1) is 0 Å². The number of rotatable bonds is 8. The van der Waals surface area contributed by atoms with Crippen LogP contribution in [-0.4, -0.2) is 59.6 Å². The van der Waals surface area contributed by atoms with Crippen molar-refractivity contribution in [3.63, 3.8) is 0 Å². The Labute approximate surface area is 255 Å². The molecule has 3 aromatic carbocycles. The lowest BCUT2D eigenvalue weighted by atomic mass is 10.0. The molecule has 4 rings (SSSR count). The number of aliphatic hydroxyl groups excluding tert-OH is 1. The van der Waals surface area contributed by atoms with Gasteiger partial charge in [-0.05, 0) is 75.2 Å². The Bertz CT molecular complexity index is 1470. The average molecular weight is 607 g/mol. The van der Waals surface area contributed by atoms with Gasteiger partial charge in [0.25, 0.3) is 0 Å². The molecule has 3 aromatic rings. The summed E-state index contributed by atoms with van der Waals surface area (Å²) >= 11 is 6.17. The number of ether oxygens (including phenoxy) is 1. The van der Waals surface area contributed by atoms with Crippen LogP contribution in [0.1, 0.15) is 43.1 Å². The van der Waals surface area contributed by atoms with Gasteiger partial charge in [-0.25, -0.2) is 4.79 Å². The first-order valence-electron chi connectivity index (χ1n) is 13.9. The second-order valence-corrected chi connectivity index (χ2v) is 11.7. The molecule has 1 aliphatic heterocycles.